The quantitative estimate of drug-likeness (QED) is 0.647. The summed E-state index contributed by atoms with van der Waals surface area (Å²) in [7, 11) is 0. The topological polar surface area (TPSA) is 12.0 Å². The van der Waals surface area contributed by atoms with E-state index in [1.807, 2.05) is 20.8 Å². The van der Waals surface area contributed by atoms with E-state index in [2.05, 4.69) is 30.1 Å². The van der Waals surface area contributed by atoms with Gasteiger partial charge in [-0.2, -0.15) is 0 Å². The van der Waals surface area contributed by atoms with E-state index in [1.54, 1.807) is 0 Å². The number of hydrogen-bond donors (Lipinski definition) is 1. The second-order valence-electron chi connectivity index (χ2n) is 3.92. The first kappa shape index (κ1) is 15.0. The molecular formula is C15H27N. The molecule has 1 rings (SSSR count). The average Bonchev–Trinajstić information content (AvgIpc) is 2.32. The van der Waals surface area contributed by atoms with Gasteiger partial charge in [-0.3, -0.25) is 0 Å². The molecule has 0 aromatic carbocycles. The lowest BCUT2D eigenvalue weighted by atomic mass is 10.0. The largest absolute Gasteiger partial charge is 0.389 e. The highest BCUT2D eigenvalue weighted by Crippen LogP contribution is 2.15. The van der Waals surface area contributed by atoms with E-state index in [1.165, 1.54) is 37.7 Å². The van der Waals surface area contributed by atoms with Gasteiger partial charge in [0, 0.05) is 12.2 Å². The molecule has 92 valence electrons. The second-order valence-corrected chi connectivity index (χ2v) is 3.92. The van der Waals surface area contributed by atoms with Crippen molar-refractivity contribution in [3.05, 3.63) is 36.1 Å². The van der Waals surface area contributed by atoms with Crippen molar-refractivity contribution in [2.45, 2.75) is 52.9 Å². The average molecular weight is 221 g/mol. The molecular weight excluding hydrogens is 194 g/mol. The van der Waals surface area contributed by atoms with Crippen molar-refractivity contribution in [3.8, 4) is 0 Å². The molecule has 1 aliphatic rings. The van der Waals surface area contributed by atoms with E-state index in [4.69, 9.17) is 0 Å². The highest BCUT2D eigenvalue weighted by molar-refractivity contribution is 5.21. The first-order chi connectivity index (χ1) is 7.79. The summed E-state index contributed by atoms with van der Waals surface area (Å²) >= 11 is 0. The van der Waals surface area contributed by atoms with Crippen molar-refractivity contribution in [2.75, 3.05) is 6.54 Å². The van der Waals surface area contributed by atoms with Crippen LogP contribution in [0.5, 0.6) is 0 Å². The Balaban J connectivity index is 0.00000106. The highest BCUT2D eigenvalue weighted by Gasteiger charge is 1.96. The van der Waals surface area contributed by atoms with Gasteiger partial charge in [0.1, 0.15) is 0 Å². The lowest BCUT2D eigenvalue weighted by Crippen LogP contribution is -2.11. The smallest absolute Gasteiger partial charge is 0.0143 e. The third kappa shape index (κ3) is 8.34. The maximum Gasteiger partial charge on any atom is 0.0143 e. The van der Waals surface area contributed by atoms with Crippen molar-refractivity contribution in [2.24, 2.45) is 0 Å². The SMILES string of the molecule is C=C(C)NCCCCC1=CCCC=C1.CC. The first-order valence-corrected chi connectivity index (χ1v) is 6.54. The van der Waals surface area contributed by atoms with Crippen LogP contribution < -0.4 is 5.32 Å². The van der Waals surface area contributed by atoms with Crippen molar-refractivity contribution in [3.63, 3.8) is 0 Å². The van der Waals surface area contributed by atoms with Gasteiger partial charge in [0.2, 0.25) is 0 Å². The molecule has 0 unspecified atom stereocenters. The van der Waals surface area contributed by atoms with Gasteiger partial charge in [-0.15, -0.1) is 0 Å². The molecule has 0 spiro atoms. The Morgan fingerprint density at radius 2 is 2.06 bits per heavy atom. The van der Waals surface area contributed by atoms with Crippen molar-refractivity contribution in [1.82, 2.24) is 5.32 Å². The molecule has 0 fully saturated rings. The summed E-state index contributed by atoms with van der Waals surface area (Å²) in [5, 5.41) is 3.25. The Morgan fingerprint density at radius 3 is 2.62 bits per heavy atom. The lowest BCUT2D eigenvalue weighted by molar-refractivity contribution is 0.678. The summed E-state index contributed by atoms with van der Waals surface area (Å²) < 4.78 is 0. The third-order valence-corrected chi connectivity index (χ3v) is 2.39. The van der Waals surface area contributed by atoms with E-state index >= 15 is 0 Å². The summed E-state index contributed by atoms with van der Waals surface area (Å²) in [5.41, 5.74) is 2.59. The van der Waals surface area contributed by atoms with Crippen LogP contribution in [-0.4, -0.2) is 6.54 Å². The molecule has 0 aliphatic heterocycles. The molecule has 16 heavy (non-hydrogen) atoms. The zero-order valence-electron chi connectivity index (χ0n) is 11.2. The summed E-state index contributed by atoms with van der Waals surface area (Å²) in [6.45, 7) is 10.9. The molecule has 1 N–H and O–H groups in total. The summed E-state index contributed by atoms with van der Waals surface area (Å²) in [5.74, 6) is 0. The van der Waals surface area contributed by atoms with Gasteiger partial charge in [0.25, 0.3) is 0 Å². The van der Waals surface area contributed by atoms with E-state index in [0.29, 0.717) is 0 Å². The molecule has 0 heterocycles. The molecule has 0 saturated heterocycles. The van der Waals surface area contributed by atoms with Crippen LogP contribution in [0, 0.1) is 0 Å². The molecule has 0 aromatic rings. The fraction of sp³-hybridized carbons (Fsp3) is 0.600. The van der Waals surface area contributed by atoms with Crippen LogP contribution in [0.3, 0.4) is 0 Å². The lowest BCUT2D eigenvalue weighted by Gasteiger charge is -2.07. The molecule has 1 heteroatoms. The van der Waals surface area contributed by atoms with Gasteiger partial charge in [0.05, 0.1) is 0 Å². The van der Waals surface area contributed by atoms with Crippen molar-refractivity contribution >= 4 is 0 Å². The summed E-state index contributed by atoms with van der Waals surface area (Å²) in [6.07, 6.45) is 13.1. The standard InChI is InChI=1S/C13H21N.C2H6/c1-12(2)14-11-7-6-10-13-8-4-3-5-9-13;1-2/h4,8-9,14H,1,3,5-7,10-11H2,2H3;1-2H3. The van der Waals surface area contributed by atoms with Gasteiger partial charge >= 0.3 is 0 Å². The monoisotopic (exact) mass is 221 g/mol. The second kappa shape index (κ2) is 10.5. The van der Waals surface area contributed by atoms with Gasteiger partial charge in [-0.25, -0.2) is 0 Å². The minimum atomic E-state index is 1.06. The Bertz CT molecular complexity index is 236. The summed E-state index contributed by atoms with van der Waals surface area (Å²) in [4.78, 5) is 0. The Morgan fingerprint density at radius 1 is 1.31 bits per heavy atom. The van der Waals surface area contributed by atoms with Gasteiger partial charge < -0.3 is 5.32 Å². The molecule has 0 aromatic heterocycles. The molecule has 0 radical (unpaired) electrons. The van der Waals surface area contributed by atoms with E-state index in [-0.39, 0.29) is 0 Å². The molecule has 0 atom stereocenters. The van der Waals surface area contributed by atoms with Crippen LogP contribution in [0.2, 0.25) is 0 Å². The van der Waals surface area contributed by atoms with Crippen LogP contribution in [0.25, 0.3) is 0 Å². The Labute approximate surface area is 101 Å². The third-order valence-electron chi connectivity index (χ3n) is 2.39. The number of allylic oxidation sites excluding steroid dienone is 5. The van der Waals surface area contributed by atoms with E-state index in [0.717, 1.165) is 12.2 Å². The highest BCUT2D eigenvalue weighted by atomic mass is 14.9. The zero-order chi connectivity index (χ0) is 12.2. The minimum absolute atomic E-state index is 1.06. The number of unbranched alkanes of at least 4 members (excludes halogenated alkanes) is 1. The van der Waals surface area contributed by atoms with E-state index < -0.39 is 0 Å². The molecule has 0 bridgehead atoms. The van der Waals surface area contributed by atoms with Crippen LogP contribution in [0.4, 0.5) is 0 Å². The molecule has 1 nitrogen and oxygen atoms in total. The van der Waals surface area contributed by atoms with Gasteiger partial charge in [-0.05, 0) is 39.0 Å². The zero-order valence-corrected chi connectivity index (χ0v) is 11.2. The fourth-order valence-electron chi connectivity index (χ4n) is 1.61. The normalized spacial score (nSPS) is 13.6. The maximum atomic E-state index is 3.81. The maximum absolute atomic E-state index is 3.81. The Kier molecular flexibility index (Phi) is 9.89. The number of nitrogens with one attached hydrogen (secondary N) is 1. The van der Waals surface area contributed by atoms with Crippen LogP contribution >= 0.6 is 0 Å². The Hall–Kier alpha value is -0.980. The summed E-state index contributed by atoms with van der Waals surface area (Å²) in [6, 6.07) is 0. The van der Waals surface area contributed by atoms with Crippen LogP contribution in [0.15, 0.2) is 36.1 Å². The fourth-order valence-corrected chi connectivity index (χ4v) is 1.61. The van der Waals surface area contributed by atoms with Gasteiger partial charge in [0.15, 0.2) is 0 Å². The van der Waals surface area contributed by atoms with Crippen molar-refractivity contribution < 1.29 is 0 Å². The van der Waals surface area contributed by atoms with Crippen molar-refractivity contribution in [1.29, 1.82) is 0 Å². The molecule has 0 saturated carbocycles. The molecule has 1 aliphatic carbocycles. The predicted octanol–water partition coefficient (Wildman–Crippen LogP) is 4.58. The number of rotatable bonds is 6. The van der Waals surface area contributed by atoms with Crippen LogP contribution in [-0.2, 0) is 0 Å². The van der Waals surface area contributed by atoms with Gasteiger partial charge in [-0.1, -0.05) is 44.2 Å². The van der Waals surface area contributed by atoms with Crippen LogP contribution in [0.1, 0.15) is 52.9 Å². The van der Waals surface area contributed by atoms with E-state index in [9.17, 15) is 0 Å². The number of hydrogen-bond acceptors (Lipinski definition) is 1. The first-order valence-electron chi connectivity index (χ1n) is 6.54. The molecule has 0 amide bonds. The minimum Gasteiger partial charge on any atom is -0.389 e. The predicted molar refractivity (Wildman–Crippen MR) is 74.5 cm³/mol.